The van der Waals surface area contributed by atoms with Crippen LogP contribution in [-0.2, 0) is 4.79 Å². The third-order valence-electron chi connectivity index (χ3n) is 4.68. The number of carbonyl (C=O) groups excluding carboxylic acids is 2. The van der Waals surface area contributed by atoms with Gasteiger partial charge in [0.2, 0.25) is 5.91 Å². The predicted molar refractivity (Wildman–Crippen MR) is 103 cm³/mol. The molecule has 2 heterocycles. The lowest BCUT2D eigenvalue weighted by Gasteiger charge is -2.24. The van der Waals surface area contributed by atoms with Gasteiger partial charge in [0.1, 0.15) is 19.3 Å². The van der Waals surface area contributed by atoms with E-state index in [4.69, 9.17) is 9.47 Å². The lowest BCUT2D eigenvalue weighted by Crippen LogP contribution is -2.45. The van der Waals surface area contributed by atoms with Gasteiger partial charge in [-0.15, -0.1) is 0 Å². The number of nitrogens with zero attached hydrogens (tertiary/aromatic N) is 1. The number of fused-ring (bicyclic) bond motifs is 1. The zero-order valence-corrected chi connectivity index (χ0v) is 15.1. The van der Waals surface area contributed by atoms with Gasteiger partial charge in [-0.25, -0.2) is 4.79 Å². The summed E-state index contributed by atoms with van der Waals surface area (Å²) in [4.78, 5) is 26.7. The normalized spacial score (nSPS) is 20.5. The quantitative estimate of drug-likeness (QED) is 0.753. The lowest BCUT2D eigenvalue weighted by atomic mass is 10.1. The number of β-amino-alcohol motifs (C(OH)–C–C–N with tert-alkyl or cyclic N) is 1. The van der Waals surface area contributed by atoms with Gasteiger partial charge in [0, 0.05) is 30.4 Å². The van der Waals surface area contributed by atoms with Crippen LogP contribution in [0, 0.1) is 0 Å². The monoisotopic (exact) mass is 383 g/mol. The highest BCUT2D eigenvalue weighted by Crippen LogP contribution is 2.33. The summed E-state index contributed by atoms with van der Waals surface area (Å²) in [5.41, 5.74) is 1.17. The number of amides is 3. The average molecular weight is 383 g/mol. The number of benzene rings is 2. The minimum absolute atomic E-state index is 0.0951. The Morgan fingerprint density at radius 3 is 2.50 bits per heavy atom. The van der Waals surface area contributed by atoms with Gasteiger partial charge >= 0.3 is 6.03 Å². The second-order valence-corrected chi connectivity index (χ2v) is 6.70. The standard InChI is InChI=1S/C20H21N3O5/c24-15-11-16(23(12-15)20(26)22-13-4-2-1-3-5-13)19(25)21-14-6-7-17-18(10-14)28-9-8-27-17/h1-7,10,15-16,24H,8-9,11-12H2,(H,21,25)(H,22,26)/t15-,16-/m1/s1. The van der Waals surface area contributed by atoms with Crippen LogP contribution in [0.3, 0.4) is 0 Å². The van der Waals surface area contributed by atoms with Crippen molar-refractivity contribution in [3.05, 3.63) is 48.5 Å². The molecule has 3 N–H and O–H groups in total. The van der Waals surface area contributed by atoms with E-state index in [0.717, 1.165) is 0 Å². The molecule has 3 amide bonds. The van der Waals surface area contributed by atoms with E-state index >= 15 is 0 Å². The number of rotatable bonds is 3. The van der Waals surface area contributed by atoms with Crippen LogP contribution in [-0.4, -0.2) is 53.8 Å². The molecule has 146 valence electrons. The van der Waals surface area contributed by atoms with Crippen LogP contribution >= 0.6 is 0 Å². The van der Waals surface area contributed by atoms with Gasteiger partial charge in [-0.1, -0.05) is 18.2 Å². The summed E-state index contributed by atoms with van der Waals surface area (Å²) in [6.07, 6.45) is -0.573. The molecule has 0 aliphatic carbocycles. The van der Waals surface area contributed by atoms with Crippen LogP contribution in [0.5, 0.6) is 11.5 Å². The van der Waals surface area contributed by atoms with Gasteiger partial charge in [0.15, 0.2) is 11.5 Å². The molecule has 0 aromatic heterocycles. The fraction of sp³-hybridized carbons (Fsp3) is 0.300. The van der Waals surface area contributed by atoms with Crippen LogP contribution in [0.25, 0.3) is 0 Å². The third-order valence-corrected chi connectivity index (χ3v) is 4.68. The SMILES string of the molecule is O=C(Nc1ccc2c(c1)OCCO2)[C@H]1C[C@@H](O)CN1C(=O)Nc1ccccc1. The van der Waals surface area contributed by atoms with Crippen LogP contribution < -0.4 is 20.1 Å². The predicted octanol–water partition coefficient (Wildman–Crippen LogP) is 2.06. The number of aliphatic hydroxyl groups is 1. The second-order valence-electron chi connectivity index (χ2n) is 6.70. The molecule has 2 aromatic carbocycles. The summed E-state index contributed by atoms with van der Waals surface area (Å²) in [6.45, 7) is 1.04. The molecule has 2 aliphatic heterocycles. The molecule has 0 radical (unpaired) electrons. The number of anilines is 2. The maximum Gasteiger partial charge on any atom is 0.322 e. The molecular formula is C20H21N3O5. The zero-order valence-electron chi connectivity index (χ0n) is 15.1. The van der Waals surface area contributed by atoms with Crippen LogP contribution in [0.1, 0.15) is 6.42 Å². The highest BCUT2D eigenvalue weighted by atomic mass is 16.6. The Kier molecular flexibility index (Phi) is 5.03. The smallest absolute Gasteiger partial charge is 0.322 e. The Bertz CT molecular complexity index is 873. The van der Waals surface area contributed by atoms with Crippen molar-refractivity contribution in [1.82, 2.24) is 4.90 Å². The summed E-state index contributed by atoms with van der Waals surface area (Å²) >= 11 is 0. The Labute approximate surface area is 162 Å². The first-order valence-corrected chi connectivity index (χ1v) is 9.11. The summed E-state index contributed by atoms with van der Waals surface area (Å²) in [6, 6.07) is 12.9. The fourth-order valence-corrected chi connectivity index (χ4v) is 3.35. The molecule has 2 aromatic rings. The van der Waals surface area contributed by atoms with Crippen molar-refractivity contribution in [2.24, 2.45) is 0 Å². The van der Waals surface area contributed by atoms with Gasteiger partial charge in [-0.05, 0) is 24.3 Å². The zero-order chi connectivity index (χ0) is 19.5. The third kappa shape index (κ3) is 3.86. The first-order valence-electron chi connectivity index (χ1n) is 9.11. The maximum atomic E-state index is 12.8. The number of aliphatic hydroxyl groups excluding tert-OH is 1. The van der Waals surface area contributed by atoms with Crippen LogP contribution in [0.4, 0.5) is 16.2 Å². The van der Waals surface area contributed by atoms with E-state index < -0.39 is 18.2 Å². The minimum atomic E-state index is -0.771. The van der Waals surface area contributed by atoms with Gasteiger partial charge in [0.25, 0.3) is 0 Å². The number of carbonyl (C=O) groups is 2. The molecule has 1 fully saturated rings. The highest BCUT2D eigenvalue weighted by Gasteiger charge is 2.39. The van der Waals surface area contributed by atoms with Crippen LogP contribution in [0.15, 0.2) is 48.5 Å². The van der Waals surface area contributed by atoms with Crippen molar-refractivity contribution in [2.75, 3.05) is 30.4 Å². The molecule has 0 unspecified atom stereocenters. The topological polar surface area (TPSA) is 100 Å². The molecule has 28 heavy (non-hydrogen) atoms. The first kappa shape index (κ1) is 18.1. The lowest BCUT2D eigenvalue weighted by molar-refractivity contribution is -0.119. The number of hydrogen-bond acceptors (Lipinski definition) is 5. The number of likely N-dealkylation sites (tertiary alicyclic amines) is 1. The van der Waals surface area contributed by atoms with Crippen molar-refractivity contribution in [3.63, 3.8) is 0 Å². The molecule has 0 spiro atoms. The molecule has 0 saturated carbocycles. The van der Waals surface area contributed by atoms with Crippen LogP contribution in [0.2, 0.25) is 0 Å². The van der Waals surface area contributed by atoms with E-state index in [-0.39, 0.29) is 18.9 Å². The number of nitrogens with one attached hydrogen (secondary N) is 2. The maximum absolute atomic E-state index is 12.8. The van der Waals surface area contributed by atoms with E-state index in [0.29, 0.717) is 36.1 Å². The summed E-state index contributed by atoms with van der Waals surface area (Å²) < 4.78 is 11.0. The van der Waals surface area contributed by atoms with E-state index in [2.05, 4.69) is 10.6 Å². The van der Waals surface area contributed by atoms with E-state index in [9.17, 15) is 14.7 Å². The van der Waals surface area contributed by atoms with Crippen molar-refractivity contribution in [2.45, 2.75) is 18.6 Å². The minimum Gasteiger partial charge on any atom is -0.486 e. The van der Waals surface area contributed by atoms with Crippen molar-refractivity contribution in [3.8, 4) is 11.5 Å². The van der Waals surface area contributed by atoms with Crippen molar-refractivity contribution >= 4 is 23.3 Å². The van der Waals surface area contributed by atoms with Crippen molar-refractivity contribution < 1.29 is 24.2 Å². The van der Waals surface area contributed by atoms with Gasteiger partial charge in [-0.2, -0.15) is 0 Å². The first-order chi connectivity index (χ1) is 13.6. The Morgan fingerprint density at radius 1 is 0.964 bits per heavy atom. The summed E-state index contributed by atoms with van der Waals surface area (Å²) in [7, 11) is 0. The molecular weight excluding hydrogens is 362 g/mol. The van der Waals surface area contributed by atoms with Gasteiger partial charge in [0.05, 0.1) is 6.10 Å². The number of hydrogen-bond donors (Lipinski definition) is 3. The number of urea groups is 1. The van der Waals surface area contributed by atoms with Crippen molar-refractivity contribution in [1.29, 1.82) is 0 Å². The molecule has 8 heteroatoms. The Balaban J connectivity index is 1.45. The Hall–Kier alpha value is -3.26. The molecule has 8 nitrogen and oxygen atoms in total. The number of ether oxygens (including phenoxy) is 2. The second kappa shape index (κ2) is 7.77. The highest BCUT2D eigenvalue weighted by molar-refractivity contribution is 5.99. The molecule has 1 saturated heterocycles. The largest absolute Gasteiger partial charge is 0.486 e. The molecule has 4 rings (SSSR count). The summed E-state index contributed by atoms with van der Waals surface area (Å²) in [5, 5.41) is 15.6. The Morgan fingerprint density at radius 2 is 1.71 bits per heavy atom. The van der Waals surface area contributed by atoms with E-state index in [1.807, 2.05) is 6.07 Å². The molecule has 0 bridgehead atoms. The molecule has 2 atom stereocenters. The number of para-hydroxylation sites is 1. The van der Waals surface area contributed by atoms with Gasteiger partial charge < -0.3 is 30.1 Å². The fourth-order valence-electron chi connectivity index (χ4n) is 3.35. The average Bonchev–Trinajstić information content (AvgIpc) is 3.11. The van der Waals surface area contributed by atoms with Gasteiger partial charge in [-0.3, -0.25) is 4.79 Å². The van der Waals surface area contributed by atoms with E-state index in [1.54, 1.807) is 42.5 Å². The van der Waals surface area contributed by atoms with E-state index in [1.165, 1.54) is 4.90 Å². The molecule has 2 aliphatic rings. The summed E-state index contributed by atoms with van der Waals surface area (Å²) in [5.74, 6) is 0.829.